The summed E-state index contributed by atoms with van der Waals surface area (Å²) in [6.45, 7) is 4.65. The first-order valence-electron chi connectivity index (χ1n) is 11.4. The molecule has 1 aliphatic heterocycles. The number of aliphatic imine (C=N–C) groups is 1. The lowest BCUT2D eigenvalue weighted by atomic mass is 9.75. The molecular formula is C26H27N5O5. The summed E-state index contributed by atoms with van der Waals surface area (Å²) in [6, 6.07) is 16.2. The number of hydrogen-bond acceptors (Lipinski definition) is 9. The first-order chi connectivity index (χ1) is 17.3. The van der Waals surface area contributed by atoms with Crippen molar-refractivity contribution in [1.82, 2.24) is 15.1 Å². The molecule has 0 saturated carbocycles. The standard InChI is InChI=1S/C26H27N5O5/c1-16-22(25-29-28-21(36-25)15-30(3)14-18-9-6-5-7-10-18)24(23(17(2)27-16)26(32)35-4)19-11-8-12-20(13-19)31(33)34/h5-13,23-24H,14-15H2,1-4H3. The Hall–Kier alpha value is -4.18. The monoisotopic (exact) mass is 489 g/mol. The predicted molar refractivity (Wildman–Crippen MR) is 133 cm³/mol. The van der Waals surface area contributed by atoms with Crippen molar-refractivity contribution in [1.29, 1.82) is 0 Å². The lowest BCUT2D eigenvalue weighted by Gasteiger charge is -2.30. The minimum atomic E-state index is -0.799. The molecule has 0 aliphatic carbocycles. The maximum Gasteiger partial charge on any atom is 0.315 e. The average Bonchev–Trinajstić information content (AvgIpc) is 3.31. The number of non-ortho nitro benzene ring substituents is 1. The van der Waals surface area contributed by atoms with Crippen molar-refractivity contribution >= 4 is 22.9 Å². The van der Waals surface area contributed by atoms with Crippen LogP contribution < -0.4 is 0 Å². The Labute approximate surface area is 208 Å². The van der Waals surface area contributed by atoms with Crippen LogP contribution in [-0.4, -0.2) is 45.9 Å². The van der Waals surface area contributed by atoms with E-state index < -0.39 is 22.7 Å². The Balaban J connectivity index is 1.70. The molecule has 1 aromatic heterocycles. The van der Waals surface area contributed by atoms with Gasteiger partial charge in [-0.1, -0.05) is 42.5 Å². The molecule has 0 bridgehead atoms. The molecular weight excluding hydrogens is 462 g/mol. The molecule has 2 heterocycles. The molecule has 0 radical (unpaired) electrons. The molecule has 10 heteroatoms. The zero-order chi connectivity index (χ0) is 25.8. The van der Waals surface area contributed by atoms with Crippen LogP contribution in [0.2, 0.25) is 0 Å². The minimum absolute atomic E-state index is 0.0814. The van der Waals surface area contributed by atoms with Crippen LogP contribution in [0.5, 0.6) is 0 Å². The van der Waals surface area contributed by atoms with E-state index in [9.17, 15) is 14.9 Å². The summed E-state index contributed by atoms with van der Waals surface area (Å²) >= 11 is 0. The second-order valence-electron chi connectivity index (χ2n) is 8.74. The molecule has 186 valence electrons. The van der Waals surface area contributed by atoms with Gasteiger partial charge >= 0.3 is 5.97 Å². The number of aromatic nitrogens is 2. The molecule has 2 atom stereocenters. The van der Waals surface area contributed by atoms with Crippen LogP contribution in [0.25, 0.3) is 5.57 Å². The van der Waals surface area contributed by atoms with Crippen LogP contribution in [0.15, 0.2) is 69.7 Å². The van der Waals surface area contributed by atoms with Crippen molar-refractivity contribution in [2.75, 3.05) is 14.2 Å². The van der Waals surface area contributed by atoms with Crippen LogP contribution in [-0.2, 0) is 22.6 Å². The normalized spacial score (nSPS) is 17.8. The van der Waals surface area contributed by atoms with Crippen molar-refractivity contribution in [3.05, 3.63) is 93.3 Å². The van der Waals surface area contributed by atoms with Gasteiger partial charge in [-0.2, -0.15) is 0 Å². The van der Waals surface area contributed by atoms with Crippen LogP contribution in [0, 0.1) is 16.0 Å². The second kappa shape index (κ2) is 10.6. The molecule has 0 N–H and O–H groups in total. The molecule has 3 aromatic rings. The van der Waals surface area contributed by atoms with E-state index in [1.807, 2.05) is 42.3 Å². The van der Waals surface area contributed by atoms with E-state index in [1.165, 1.54) is 19.2 Å². The molecule has 36 heavy (non-hydrogen) atoms. The number of allylic oxidation sites excluding steroid dienone is 2. The number of esters is 1. The molecule has 2 unspecified atom stereocenters. The smallest absolute Gasteiger partial charge is 0.315 e. The van der Waals surface area contributed by atoms with Gasteiger partial charge in [0.05, 0.1) is 18.6 Å². The number of nitrogens with zero attached hydrogens (tertiary/aromatic N) is 5. The highest BCUT2D eigenvalue weighted by atomic mass is 16.6. The summed E-state index contributed by atoms with van der Waals surface area (Å²) in [5.74, 6) is -1.32. The number of benzene rings is 2. The third-order valence-corrected chi connectivity index (χ3v) is 6.12. The molecule has 4 rings (SSSR count). The van der Waals surface area contributed by atoms with Gasteiger partial charge in [0.25, 0.3) is 5.69 Å². The van der Waals surface area contributed by atoms with Crippen molar-refractivity contribution in [3.8, 4) is 0 Å². The van der Waals surface area contributed by atoms with Crippen molar-refractivity contribution in [2.45, 2.75) is 32.9 Å². The summed E-state index contributed by atoms with van der Waals surface area (Å²) in [5.41, 5.74) is 3.31. The van der Waals surface area contributed by atoms with Crippen LogP contribution in [0.3, 0.4) is 0 Å². The Morgan fingerprint density at radius 3 is 2.56 bits per heavy atom. The number of nitro benzene ring substituents is 1. The number of carbonyl (C=O) groups is 1. The molecule has 10 nitrogen and oxygen atoms in total. The van der Waals surface area contributed by atoms with E-state index in [2.05, 4.69) is 15.2 Å². The van der Waals surface area contributed by atoms with E-state index in [4.69, 9.17) is 9.15 Å². The van der Waals surface area contributed by atoms with Crippen LogP contribution >= 0.6 is 0 Å². The van der Waals surface area contributed by atoms with Crippen LogP contribution in [0.4, 0.5) is 5.69 Å². The highest BCUT2D eigenvalue weighted by Gasteiger charge is 2.41. The molecule has 0 fully saturated rings. The van der Waals surface area contributed by atoms with Crippen LogP contribution in [0.1, 0.15) is 42.7 Å². The third-order valence-electron chi connectivity index (χ3n) is 6.12. The fourth-order valence-electron chi connectivity index (χ4n) is 4.55. The highest BCUT2D eigenvalue weighted by molar-refractivity contribution is 6.06. The van der Waals surface area contributed by atoms with Crippen molar-refractivity contribution in [3.63, 3.8) is 0 Å². The van der Waals surface area contributed by atoms with Crippen molar-refractivity contribution in [2.24, 2.45) is 10.9 Å². The summed E-state index contributed by atoms with van der Waals surface area (Å²) in [7, 11) is 3.26. The number of hydrogen-bond donors (Lipinski definition) is 0. The molecule has 0 saturated heterocycles. The third kappa shape index (κ3) is 5.23. The van der Waals surface area contributed by atoms with Crippen molar-refractivity contribution < 1.29 is 18.9 Å². The first-order valence-corrected chi connectivity index (χ1v) is 11.4. The largest absolute Gasteiger partial charge is 0.468 e. The minimum Gasteiger partial charge on any atom is -0.468 e. The van der Waals surface area contributed by atoms with Gasteiger partial charge in [0, 0.05) is 41.6 Å². The van der Waals surface area contributed by atoms with E-state index in [0.717, 1.165) is 5.56 Å². The Morgan fingerprint density at radius 2 is 1.86 bits per heavy atom. The van der Waals surface area contributed by atoms with Gasteiger partial charge in [-0.25, -0.2) is 0 Å². The quantitative estimate of drug-likeness (QED) is 0.259. The summed E-state index contributed by atoms with van der Waals surface area (Å²) in [6.07, 6.45) is 0. The van der Waals surface area contributed by atoms with Gasteiger partial charge in [0.1, 0.15) is 5.92 Å². The fourth-order valence-corrected chi connectivity index (χ4v) is 4.55. The molecule has 0 spiro atoms. The van der Waals surface area contributed by atoms with E-state index >= 15 is 0 Å². The number of carbonyl (C=O) groups excluding carboxylic acids is 1. The summed E-state index contributed by atoms with van der Waals surface area (Å²) in [4.78, 5) is 30.5. The molecule has 2 aromatic carbocycles. The van der Waals surface area contributed by atoms with Gasteiger partial charge in [0.15, 0.2) is 0 Å². The van der Waals surface area contributed by atoms with E-state index in [1.54, 1.807) is 26.0 Å². The average molecular weight is 490 g/mol. The van der Waals surface area contributed by atoms with Gasteiger partial charge in [-0.3, -0.25) is 24.8 Å². The van der Waals surface area contributed by atoms with Gasteiger partial charge in [0.2, 0.25) is 11.8 Å². The number of nitro groups is 1. The molecule has 0 amide bonds. The maximum absolute atomic E-state index is 12.9. The Bertz CT molecular complexity index is 1330. The topological polar surface area (TPSA) is 124 Å². The molecule has 1 aliphatic rings. The zero-order valence-electron chi connectivity index (χ0n) is 20.5. The summed E-state index contributed by atoms with van der Waals surface area (Å²) < 4.78 is 11.1. The van der Waals surface area contributed by atoms with E-state index in [0.29, 0.717) is 41.5 Å². The Morgan fingerprint density at radius 1 is 1.11 bits per heavy atom. The fraction of sp³-hybridized carbons (Fsp3) is 0.308. The van der Waals surface area contributed by atoms with Gasteiger partial charge in [-0.05, 0) is 32.0 Å². The predicted octanol–water partition coefficient (Wildman–Crippen LogP) is 4.39. The lowest BCUT2D eigenvalue weighted by Crippen LogP contribution is -2.33. The highest BCUT2D eigenvalue weighted by Crippen LogP contribution is 2.44. The zero-order valence-corrected chi connectivity index (χ0v) is 20.5. The van der Waals surface area contributed by atoms with Gasteiger partial charge in [-0.15, -0.1) is 10.2 Å². The Kier molecular flexibility index (Phi) is 7.35. The first kappa shape index (κ1) is 24.9. The number of methoxy groups -OCH3 is 1. The maximum atomic E-state index is 12.9. The van der Waals surface area contributed by atoms with E-state index in [-0.39, 0.29) is 11.6 Å². The van der Waals surface area contributed by atoms with Gasteiger partial charge < -0.3 is 9.15 Å². The number of rotatable bonds is 8. The number of ether oxygens (including phenoxy) is 1. The SMILES string of the molecule is COC(=O)C1C(C)=NC(C)=C(c2nnc(CN(C)Cc3ccccc3)o2)C1c1cccc([N+](=O)[O-])c1. The summed E-state index contributed by atoms with van der Waals surface area (Å²) in [5, 5.41) is 20.0. The lowest BCUT2D eigenvalue weighted by molar-refractivity contribution is -0.384. The second-order valence-corrected chi connectivity index (χ2v) is 8.74.